The second-order valence-corrected chi connectivity index (χ2v) is 5.06. The van der Waals surface area contributed by atoms with E-state index in [1.807, 2.05) is 0 Å². The van der Waals surface area contributed by atoms with Gasteiger partial charge in [0.05, 0.1) is 12.0 Å². The van der Waals surface area contributed by atoms with Crippen LogP contribution in [0, 0.1) is 17.2 Å². The molecular weight excluding hydrogens is 230 g/mol. The first-order valence-electron chi connectivity index (χ1n) is 6.40. The van der Waals surface area contributed by atoms with Crippen LogP contribution in [0.15, 0.2) is 0 Å². The molecule has 94 valence electrons. The Labute approximate surface area is 105 Å². The number of carbonyl (C=O) groups is 1. The summed E-state index contributed by atoms with van der Waals surface area (Å²) in [4.78, 5) is 16.2. The first-order valence-corrected chi connectivity index (χ1v) is 6.40. The molecule has 1 heterocycles. The fourth-order valence-electron chi connectivity index (χ4n) is 2.44. The molecule has 1 aromatic rings. The van der Waals surface area contributed by atoms with Crippen molar-refractivity contribution in [3.05, 3.63) is 11.6 Å². The van der Waals surface area contributed by atoms with Crippen molar-refractivity contribution >= 4 is 5.91 Å². The van der Waals surface area contributed by atoms with Crippen LogP contribution in [0.5, 0.6) is 0 Å². The van der Waals surface area contributed by atoms with Gasteiger partial charge in [-0.25, -0.2) is 4.98 Å². The van der Waals surface area contributed by atoms with Crippen LogP contribution >= 0.6 is 0 Å². The molecule has 0 saturated heterocycles. The average molecular weight is 245 g/mol. The fourth-order valence-corrected chi connectivity index (χ4v) is 2.44. The third-order valence-electron chi connectivity index (χ3n) is 3.67. The summed E-state index contributed by atoms with van der Waals surface area (Å²) < 4.78 is 0. The number of nitrogens with zero attached hydrogens (tertiary/aromatic N) is 3. The molecule has 6 heteroatoms. The Morgan fingerprint density at radius 3 is 2.94 bits per heavy atom. The van der Waals surface area contributed by atoms with Crippen LogP contribution in [-0.2, 0) is 0 Å². The number of aromatic nitrogens is 3. The molecule has 2 unspecified atom stereocenters. The molecule has 1 amide bonds. The van der Waals surface area contributed by atoms with Gasteiger partial charge in [0, 0.05) is 12.0 Å². The predicted octanol–water partition coefficient (Wildman–Crippen LogP) is 1.10. The molecule has 18 heavy (non-hydrogen) atoms. The van der Waals surface area contributed by atoms with Crippen molar-refractivity contribution in [1.29, 1.82) is 5.26 Å². The lowest BCUT2D eigenvalue weighted by Gasteiger charge is -2.13. The van der Waals surface area contributed by atoms with Crippen LogP contribution in [0.3, 0.4) is 0 Å². The zero-order valence-electron chi connectivity index (χ0n) is 10.0. The van der Waals surface area contributed by atoms with Crippen LogP contribution in [0.25, 0.3) is 0 Å². The number of nitrogens with one attached hydrogen (secondary N) is 2. The number of hydrogen-bond acceptors (Lipinski definition) is 4. The number of amides is 1. The standard InChI is InChI=1S/C12H15N5O/c13-6-8-2-1-3-9(8)14-12(18)11-15-10(16-17-11)7-4-5-7/h7-9H,1-5H2,(H,14,18)(H,15,16,17). The van der Waals surface area contributed by atoms with Crippen LogP contribution in [0.1, 0.15) is 54.5 Å². The number of hydrogen-bond donors (Lipinski definition) is 2. The lowest BCUT2D eigenvalue weighted by molar-refractivity contribution is 0.0922. The minimum atomic E-state index is -0.273. The quantitative estimate of drug-likeness (QED) is 0.833. The first-order chi connectivity index (χ1) is 8.78. The summed E-state index contributed by atoms with van der Waals surface area (Å²) in [7, 11) is 0. The second-order valence-electron chi connectivity index (χ2n) is 5.06. The molecule has 0 bridgehead atoms. The second kappa shape index (κ2) is 4.41. The summed E-state index contributed by atoms with van der Waals surface area (Å²) in [5.74, 6) is 1.11. The average Bonchev–Trinajstić information content (AvgIpc) is 2.93. The molecule has 2 aliphatic carbocycles. The van der Waals surface area contributed by atoms with Gasteiger partial charge in [-0.1, -0.05) is 0 Å². The van der Waals surface area contributed by atoms with Crippen molar-refractivity contribution in [3.63, 3.8) is 0 Å². The Morgan fingerprint density at radius 2 is 2.22 bits per heavy atom. The van der Waals surface area contributed by atoms with Gasteiger partial charge in [0.15, 0.2) is 0 Å². The molecule has 0 aromatic carbocycles. The Bertz CT molecular complexity index is 499. The third-order valence-corrected chi connectivity index (χ3v) is 3.67. The van der Waals surface area contributed by atoms with Crippen LogP contribution in [-0.4, -0.2) is 27.1 Å². The summed E-state index contributed by atoms with van der Waals surface area (Å²) in [5, 5.41) is 18.6. The SMILES string of the molecule is N#CC1CCCC1NC(=O)c1n[nH]c(C2CC2)n1. The number of nitriles is 1. The van der Waals surface area contributed by atoms with Gasteiger partial charge in [-0.2, -0.15) is 5.26 Å². The van der Waals surface area contributed by atoms with E-state index in [4.69, 9.17) is 5.26 Å². The van der Waals surface area contributed by atoms with E-state index in [9.17, 15) is 4.79 Å². The predicted molar refractivity (Wildman–Crippen MR) is 62.6 cm³/mol. The molecule has 0 radical (unpaired) electrons. The highest BCUT2D eigenvalue weighted by atomic mass is 16.2. The Hall–Kier alpha value is -1.90. The highest BCUT2D eigenvalue weighted by molar-refractivity contribution is 5.90. The van der Waals surface area contributed by atoms with E-state index in [-0.39, 0.29) is 23.7 Å². The summed E-state index contributed by atoms with van der Waals surface area (Å²) in [6.07, 6.45) is 4.96. The van der Waals surface area contributed by atoms with Crippen molar-refractivity contribution < 1.29 is 4.79 Å². The zero-order valence-corrected chi connectivity index (χ0v) is 10.0. The highest BCUT2D eigenvalue weighted by Crippen LogP contribution is 2.37. The topological polar surface area (TPSA) is 94.5 Å². The van der Waals surface area contributed by atoms with E-state index >= 15 is 0 Å². The number of carbonyl (C=O) groups excluding carboxylic acids is 1. The maximum absolute atomic E-state index is 12.0. The van der Waals surface area contributed by atoms with E-state index in [1.165, 1.54) is 0 Å². The monoisotopic (exact) mass is 245 g/mol. The van der Waals surface area contributed by atoms with E-state index in [0.717, 1.165) is 37.9 Å². The molecule has 1 aromatic heterocycles. The van der Waals surface area contributed by atoms with E-state index < -0.39 is 0 Å². The molecule has 2 atom stereocenters. The minimum absolute atomic E-state index is 0.0506. The Balaban J connectivity index is 1.65. The molecule has 2 saturated carbocycles. The smallest absolute Gasteiger partial charge is 0.291 e. The highest BCUT2D eigenvalue weighted by Gasteiger charge is 2.31. The van der Waals surface area contributed by atoms with Gasteiger partial charge in [0.25, 0.3) is 5.91 Å². The summed E-state index contributed by atoms with van der Waals surface area (Å²) in [6, 6.07) is 2.19. The van der Waals surface area contributed by atoms with Gasteiger partial charge >= 0.3 is 0 Å². The molecule has 3 rings (SSSR count). The molecule has 2 fully saturated rings. The maximum atomic E-state index is 12.0. The summed E-state index contributed by atoms with van der Waals surface area (Å²) >= 11 is 0. The fraction of sp³-hybridized carbons (Fsp3) is 0.667. The van der Waals surface area contributed by atoms with Crippen molar-refractivity contribution in [2.45, 2.75) is 44.1 Å². The lowest BCUT2D eigenvalue weighted by Crippen LogP contribution is -2.37. The van der Waals surface area contributed by atoms with E-state index in [1.54, 1.807) is 0 Å². The van der Waals surface area contributed by atoms with Gasteiger partial charge in [-0.3, -0.25) is 9.89 Å². The van der Waals surface area contributed by atoms with Gasteiger partial charge in [-0.05, 0) is 32.1 Å². The van der Waals surface area contributed by atoms with Crippen molar-refractivity contribution in [2.24, 2.45) is 5.92 Å². The zero-order chi connectivity index (χ0) is 12.5. The molecule has 2 N–H and O–H groups in total. The van der Waals surface area contributed by atoms with Crippen LogP contribution in [0.4, 0.5) is 0 Å². The van der Waals surface area contributed by atoms with Gasteiger partial charge in [0.2, 0.25) is 5.82 Å². The van der Waals surface area contributed by atoms with Gasteiger partial charge in [0.1, 0.15) is 5.82 Å². The first kappa shape index (κ1) is 11.2. The summed E-state index contributed by atoms with van der Waals surface area (Å²) in [5.41, 5.74) is 0. The molecule has 6 nitrogen and oxygen atoms in total. The number of H-pyrrole nitrogens is 1. The molecule has 0 aliphatic heterocycles. The summed E-state index contributed by atoms with van der Waals surface area (Å²) in [6.45, 7) is 0. The van der Waals surface area contributed by atoms with Crippen molar-refractivity contribution in [1.82, 2.24) is 20.5 Å². The normalized spacial score (nSPS) is 26.8. The van der Waals surface area contributed by atoms with E-state index in [2.05, 4.69) is 26.6 Å². The molecule has 0 spiro atoms. The Kier molecular flexibility index (Phi) is 2.74. The number of rotatable bonds is 3. The van der Waals surface area contributed by atoms with Crippen molar-refractivity contribution in [3.8, 4) is 6.07 Å². The maximum Gasteiger partial charge on any atom is 0.291 e. The Morgan fingerprint density at radius 1 is 1.39 bits per heavy atom. The molecular formula is C12H15N5O. The van der Waals surface area contributed by atoms with E-state index in [0.29, 0.717) is 5.92 Å². The number of aromatic amines is 1. The lowest BCUT2D eigenvalue weighted by atomic mass is 10.1. The van der Waals surface area contributed by atoms with Gasteiger partial charge < -0.3 is 5.32 Å². The van der Waals surface area contributed by atoms with Gasteiger partial charge in [-0.15, -0.1) is 5.10 Å². The largest absolute Gasteiger partial charge is 0.345 e. The molecule has 2 aliphatic rings. The van der Waals surface area contributed by atoms with Crippen LogP contribution < -0.4 is 5.32 Å². The minimum Gasteiger partial charge on any atom is -0.345 e. The third kappa shape index (κ3) is 2.08. The van der Waals surface area contributed by atoms with Crippen molar-refractivity contribution in [2.75, 3.05) is 0 Å². The van der Waals surface area contributed by atoms with Crippen LogP contribution in [0.2, 0.25) is 0 Å².